The van der Waals surface area contributed by atoms with Crippen LogP contribution in [-0.4, -0.2) is 39.2 Å². The van der Waals surface area contributed by atoms with Crippen LogP contribution in [-0.2, 0) is 4.79 Å². The largest absolute Gasteiger partial charge is 0.488 e. The number of hydrogen-bond donors (Lipinski definition) is 4. The standard InChI is InChI=1S/C22H24N8O2/c1-13-11-17(26-18-12-14(2)29-30-18)27-21(19(13)23-3)25-9-10-32-16-5-4-8-24-20(16)28-22(31)15-6-7-15/h4-5,8,11-12,15H,6-7,9-10H2,1-2H3,(H,24,28,31)(H3,25,26,27,29,30). The Bertz CT molecular complexity index is 1160. The predicted octanol–water partition coefficient (Wildman–Crippen LogP) is 3.95. The quantitative estimate of drug-likeness (QED) is 0.298. The van der Waals surface area contributed by atoms with Gasteiger partial charge in [0.1, 0.15) is 18.2 Å². The number of carbonyl (C=O) groups excluding carboxylic acids is 1. The maximum Gasteiger partial charge on any atom is 0.231 e. The molecular weight excluding hydrogens is 408 g/mol. The number of aromatic nitrogens is 4. The zero-order valence-electron chi connectivity index (χ0n) is 17.9. The summed E-state index contributed by atoms with van der Waals surface area (Å²) in [5.74, 6) is 2.68. The minimum Gasteiger partial charge on any atom is -0.488 e. The van der Waals surface area contributed by atoms with Gasteiger partial charge in [-0.1, -0.05) is 0 Å². The van der Waals surface area contributed by atoms with Crippen LogP contribution in [0.25, 0.3) is 4.85 Å². The fourth-order valence-electron chi connectivity index (χ4n) is 3.10. The number of pyridine rings is 2. The summed E-state index contributed by atoms with van der Waals surface area (Å²) in [5, 5.41) is 16.2. The highest BCUT2D eigenvalue weighted by Crippen LogP contribution is 2.32. The van der Waals surface area contributed by atoms with Gasteiger partial charge in [0.05, 0.1) is 6.57 Å². The zero-order valence-corrected chi connectivity index (χ0v) is 17.9. The lowest BCUT2D eigenvalue weighted by Crippen LogP contribution is -2.17. The molecule has 3 heterocycles. The molecule has 0 aromatic carbocycles. The number of nitrogens with zero attached hydrogens (tertiary/aromatic N) is 4. The molecule has 0 aliphatic heterocycles. The SMILES string of the molecule is [C-]#[N+]c1c(C)cc(Nc2cc(C)[nH]n2)nc1NCCOc1cccnc1NC(=O)C1CC1. The van der Waals surface area contributed by atoms with Crippen molar-refractivity contribution < 1.29 is 9.53 Å². The molecule has 10 heteroatoms. The molecule has 164 valence electrons. The molecule has 32 heavy (non-hydrogen) atoms. The van der Waals surface area contributed by atoms with Crippen LogP contribution < -0.4 is 20.7 Å². The van der Waals surface area contributed by atoms with E-state index in [4.69, 9.17) is 11.3 Å². The molecule has 1 aliphatic carbocycles. The molecule has 0 spiro atoms. The Hall–Kier alpha value is -4.13. The zero-order chi connectivity index (χ0) is 22.5. The molecule has 10 nitrogen and oxygen atoms in total. The molecule has 3 aromatic rings. The van der Waals surface area contributed by atoms with Crippen LogP contribution in [0.4, 0.5) is 29.0 Å². The number of anilines is 4. The van der Waals surface area contributed by atoms with Gasteiger partial charge in [-0.2, -0.15) is 5.10 Å². The maximum absolute atomic E-state index is 12.0. The molecular formula is C22H24N8O2. The average molecular weight is 432 g/mol. The van der Waals surface area contributed by atoms with Crippen LogP contribution in [0.1, 0.15) is 24.1 Å². The third-order valence-electron chi connectivity index (χ3n) is 4.87. The van der Waals surface area contributed by atoms with Gasteiger partial charge in [-0.3, -0.25) is 9.89 Å². The first kappa shape index (κ1) is 21.1. The van der Waals surface area contributed by atoms with E-state index in [0.717, 1.165) is 24.1 Å². The molecule has 0 atom stereocenters. The van der Waals surface area contributed by atoms with Crippen LogP contribution >= 0.6 is 0 Å². The highest BCUT2D eigenvalue weighted by Gasteiger charge is 2.30. The van der Waals surface area contributed by atoms with Crippen molar-refractivity contribution in [3.8, 4) is 5.75 Å². The van der Waals surface area contributed by atoms with Gasteiger partial charge in [0.2, 0.25) is 11.6 Å². The fourth-order valence-corrected chi connectivity index (χ4v) is 3.10. The van der Waals surface area contributed by atoms with Gasteiger partial charge < -0.3 is 20.7 Å². The Labute approximate surface area is 185 Å². The van der Waals surface area contributed by atoms with E-state index in [1.807, 2.05) is 26.0 Å². The van der Waals surface area contributed by atoms with Crippen molar-refractivity contribution >= 4 is 34.9 Å². The second-order valence-corrected chi connectivity index (χ2v) is 7.58. The highest BCUT2D eigenvalue weighted by atomic mass is 16.5. The van der Waals surface area contributed by atoms with Gasteiger partial charge in [0.15, 0.2) is 17.4 Å². The van der Waals surface area contributed by atoms with Crippen molar-refractivity contribution in [1.29, 1.82) is 0 Å². The molecule has 3 aromatic heterocycles. The van der Waals surface area contributed by atoms with Gasteiger partial charge in [0, 0.05) is 30.4 Å². The summed E-state index contributed by atoms with van der Waals surface area (Å²) in [6.07, 6.45) is 3.45. The van der Waals surface area contributed by atoms with Crippen molar-refractivity contribution in [2.24, 2.45) is 5.92 Å². The first-order chi connectivity index (χ1) is 15.5. The topological polar surface area (TPSA) is 121 Å². The second kappa shape index (κ2) is 9.34. The molecule has 0 saturated heterocycles. The Kier molecular flexibility index (Phi) is 6.17. The van der Waals surface area contributed by atoms with Gasteiger partial charge in [-0.05, 0) is 50.5 Å². The van der Waals surface area contributed by atoms with Gasteiger partial charge in [0.25, 0.3) is 0 Å². The summed E-state index contributed by atoms with van der Waals surface area (Å²) in [7, 11) is 0. The van der Waals surface area contributed by atoms with Crippen molar-refractivity contribution in [3.05, 3.63) is 53.1 Å². The van der Waals surface area contributed by atoms with Crippen molar-refractivity contribution in [2.45, 2.75) is 26.7 Å². The van der Waals surface area contributed by atoms with E-state index in [9.17, 15) is 4.79 Å². The molecule has 0 unspecified atom stereocenters. The van der Waals surface area contributed by atoms with E-state index >= 15 is 0 Å². The number of carbonyl (C=O) groups is 1. The molecule has 1 fully saturated rings. The number of ether oxygens (including phenoxy) is 1. The predicted molar refractivity (Wildman–Crippen MR) is 121 cm³/mol. The number of aryl methyl sites for hydroxylation is 2. The molecule has 4 rings (SSSR count). The van der Waals surface area contributed by atoms with Crippen LogP contribution in [0.5, 0.6) is 5.75 Å². The Morgan fingerprint density at radius 2 is 2.12 bits per heavy atom. The van der Waals surface area contributed by atoms with Crippen LogP contribution in [0.2, 0.25) is 0 Å². The normalized spacial score (nSPS) is 12.7. The second-order valence-electron chi connectivity index (χ2n) is 7.58. The maximum atomic E-state index is 12.0. The summed E-state index contributed by atoms with van der Waals surface area (Å²) >= 11 is 0. The minimum absolute atomic E-state index is 0.0236. The summed E-state index contributed by atoms with van der Waals surface area (Å²) in [4.78, 5) is 24.4. The van der Waals surface area contributed by atoms with Gasteiger partial charge in [-0.15, -0.1) is 0 Å². The third-order valence-corrected chi connectivity index (χ3v) is 4.87. The number of H-pyrrole nitrogens is 1. The van der Waals surface area contributed by atoms with E-state index in [0.29, 0.717) is 47.9 Å². The monoisotopic (exact) mass is 432 g/mol. The lowest BCUT2D eigenvalue weighted by molar-refractivity contribution is -0.117. The number of hydrogen-bond acceptors (Lipinski definition) is 7. The van der Waals surface area contributed by atoms with Crippen LogP contribution in [0.3, 0.4) is 0 Å². The van der Waals surface area contributed by atoms with Crippen molar-refractivity contribution in [2.75, 3.05) is 29.1 Å². The Morgan fingerprint density at radius 3 is 2.84 bits per heavy atom. The number of rotatable bonds is 9. The molecule has 4 N–H and O–H groups in total. The van der Waals surface area contributed by atoms with E-state index in [1.165, 1.54) is 0 Å². The summed E-state index contributed by atoms with van der Waals surface area (Å²) in [6, 6.07) is 7.19. The molecule has 1 saturated carbocycles. The van der Waals surface area contributed by atoms with E-state index in [2.05, 4.69) is 41.0 Å². The number of aromatic amines is 1. The molecule has 0 radical (unpaired) electrons. The van der Waals surface area contributed by atoms with E-state index in [1.54, 1.807) is 18.3 Å². The van der Waals surface area contributed by atoms with E-state index in [-0.39, 0.29) is 11.8 Å². The van der Waals surface area contributed by atoms with Gasteiger partial charge in [-0.25, -0.2) is 14.8 Å². The summed E-state index contributed by atoms with van der Waals surface area (Å²) in [5.41, 5.74) is 2.18. The lowest BCUT2D eigenvalue weighted by Gasteiger charge is -2.14. The van der Waals surface area contributed by atoms with E-state index < -0.39 is 0 Å². The fraction of sp³-hybridized carbons (Fsp3) is 0.318. The lowest BCUT2D eigenvalue weighted by atomic mass is 10.2. The average Bonchev–Trinajstić information content (AvgIpc) is 3.55. The number of amides is 1. The first-order valence-electron chi connectivity index (χ1n) is 10.3. The van der Waals surface area contributed by atoms with Gasteiger partial charge >= 0.3 is 0 Å². The highest BCUT2D eigenvalue weighted by molar-refractivity contribution is 5.94. The number of nitrogens with one attached hydrogen (secondary N) is 4. The summed E-state index contributed by atoms with van der Waals surface area (Å²) < 4.78 is 5.82. The molecule has 1 amide bonds. The molecule has 1 aliphatic rings. The summed E-state index contributed by atoms with van der Waals surface area (Å²) in [6.45, 7) is 12.0. The molecule has 0 bridgehead atoms. The Morgan fingerprint density at radius 1 is 1.28 bits per heavy atom. The van der Waals surface area contributed by atoms with Crippen molar-refractivity contribution in [1.82, 2.24) is 20.2 Å². The van der Waals surface area contributed by atoms with Crippen molar-refractivity contribution in [3.63, 3.8) is 0 Å². The minimum atomic E-state index is -0.0236. The first-order valence-corrected chi connectivity index (χ1v) is 10.3. The van der Waals surface area contributed by atoms with Crippen LogP contribution in [0.15, 0.2) is 30.5 Å². The third kappa shape index (κ3) is 5.13. The van der Waals surface area contributed by atoms with Crippen LogP contribution in [0, 0.1) is 26.3 Å². The Balaban J connectivity index is 1.38. The smallest absolute Gasteiger partial charge is 0.231 e.